The lowest BCUT2D eigenvalue weighted by Crippen LogP contribution is -2.38. The first kappa shape index (κ1) is 23.2. The van der Waals surface area contributed by atoms with Crippen molar-refractivity contribution < 1.29 is 14.5 Å². The number of hydrogen-bond acceptors (Lipinski definition) is 5. The molecule has 170 valence electrons. The van der Waals surface area contributed by atoms with Gasteiger partial charge in [0.2, 0.25) is 0 Å². The van der Waals surface area contributed by atoms with Crippen LogP contribution in [0.5, 0.6) is 5.75 Å². The van der Waals surface area contributed by atoms with Crippen LogP contribution in [-0.2, 0) is 22.0 Å². The predicted molar refractivity (Wildman–Crippen MR) is 134 cm³/mol. The fraction of sp³-hybridized carbons (Fsp3) is 0.480. The van der Waals surface area contributed by atoms with Gasteiger partial charge in [0.1, 0.15) is 11.3 Å². The number of pyridine rings is 1. The lowest BCUT2D eigenvalue weighted by molar-refractivity contribution is -0.612. The summed E-state index contributed by atoms with van der Waals surface area (Å²) in [5.74, 6) is 1.54. The lowest BCUT2D eigenvalue weighted by Gasteiger charge is -2.21. The molecule has 0 bridgehead atoms. The summed E-state index contributed by atoms with van der Waals surface area (Å²) in [5.41, 5.74) is 4.62. The fourth-order valence-electron chi connectivity index (χ4n) is 5.13. The Morgan fingerprint density at radius 3 is 2.41 bits per heavy atom. The topological polar surface area (TPSA) is 69.9 Å². The van der Waals surface area contributed by atoms with Gasteiger partial charge in [-0.2, -0.15) is 25.3 Å². The molecule has 5 nitrogen and oxygen atoms in total. The van der Waals surface area contributed by atoms with Crippen LogP contribution in [0.2, 0.25) is 0 Å². The maximum absolute atomic E-state index is 13.0. The average molecular weight is 471 g/mol. The van der Waals surface area contributed by atoms with Crippen molar-refractivity contribution >= 4 is 42.1 Å². The van der Waals surface area contributed by atoms with Crippen molar-refractivity contribution in [1.29, 1.82) is 0 Å². The van der Waals surface area contributed by atoms with Crippen LogP contribution in [0.3, 0.4) is 0 Å². The van der Waals surface area contributed by atoms with Crippen molar-refractivity contribution in [2.75, 3.05) is 0 Å². The van der Waals surface area contributed by atoms with Gasteiger partial charge in [-0.15, -0.1) is 0 Å². The average Bonchev–Trinajstić information content (AvgIpc) is 3.16. The van der Waals surface area contributed by atoms with Gasteiger partial charge in [0, 0.05) is 33.5 Å². The Morgan fingerprint density at radius 2 is 1.78 bits per heavy atom. The third kappa shape index (κ3) is 3.63. The minimum atomic E-state index is -0.536. The molecule has 2 N–H and O–H groups in total. The van der Waals surface area contributed by atoms with Crippen molar-refractivity contribution in [3.63, 3.8) is 0 Å². The van der Waals surface area contributed by atoms with Gasteiger partial charge in [-0.3, -0.25) is 4.79 Å². The molecule has 0 aliphatic heterocycles. The summed E-state index contributed by atoms with van der Waals surface area (Å²) in [6.45, 7) is 12.1. The molecule has 1 unspecified atom stereocenters. The van der Waals surface area contributed by atoms with Crippen LogP contribution in [0, 0.1) is 12.8 Å². The number of aromatic nitrogens is 3. The molecule has 1 atom stereocenters. The van der Waals surface area contributed by atoms with Gasteiger partial charge in [0.15, 0.2) is 11.3 Å². The Balaban J connectivity index is 1.84. The quantitative estimate of drug-likeness (QED) is 0.247. The monoisotopic (exact) mass is 470 g/mol. The Kier molecular flexibility index (Phi) is 5.65. The van der Waals surface area contributed by atoms with Gasteiger partial charge < -0.3 is 5.11 Å². The zero-order valence-corrected chi connectivity index (χ0v) is 21.3. The number of Topliss-reactive ketones (excluding diaryl/α,β-unsaturated/α-hetero) is 1. The summed E-state index contributed by atoms with van der Waals surface area (Å²) >= 11 is 8.83. The van der Waals surface area contributed by atoms with Gasteiger partial charge in [0.05, 0.1) is 11.9 Å². The molecule has 7 heteroatoms. The summed E-state index contributed by atoms with van der Waals surface area (Å²) in [5, 5.41) is 10.4. The van der Waals surface area contributed by atoms with Gasteiger partial charge in [0.25, 0.3) is 0 Å². The minimum absolute atomic E-state index is 0.0130. The van der Waals surface area contributed by atoms with Crippen LogP contribution < -0.4 is 4.57 Å². The number of thiol groups is 2. The van der Waals surface area contributed by atoms with E-state index in [2.05, 4.69) is 49.3 Å². The number of carbonyl (C=O) groups excluding carboxylic acids is 1. The van der Waals surface area contributed by atoms with Crippen molar-refractivity contribution in [2.24, 2.45) is 5.92 Å². The number of imidazole rings is 1. The standard InChI is InChI=1S/C25H31N3O2S2/c1-13(10-21(31)32)9-19-14(2)20(29)7-8-28(19)23-26-17-11-15-16(12-18(17)27-23)25(5,6)22(30)24(15,3)4/h7-8,11-13,21H,9-10H2,1-6H3,(H3,26,27,31,32)/p+1. The first-order valence-corrected chi connectivity index (χ1v) is 12.1. The highest BCUT2D eigenvalue weighted by Gasteiger charge is 2.50. The third-order valence-electron chi connectivity index (χ3n) is 6.96. The number of carbonyl (C=O) groups is 1. The maximum atomic E-state index is 13.0. The Hall–Kier alpha value is -1.99. The second-order valence-corrected chi connectivity index (χ2v) is 11.9. The molecule has 32 heavy (non-hydrogen) atoms. The van der Waals surface area contributed by atoms with E-state index in [1.165, 1.54) is 0 Å². The number of ketones is 1. The van der Waals surface area contributed by atoms with Crippen molar-refractivity contribution in [3.05, 3.63) is 46.8 Å². The number of nitrogens with one attached hydrogen (secondary N) is 1. The number of nitrogens with zero attached hydrogens (tertiary/aromatic N) is 2. The van der Waals surface area contributed by atoms with Crippen LogP contribution in [0.15, 0.2) is 24.4 Å². The third-order valence-corrected chi connectivity index (χ3v) is 7.38. The number of aromatic amines is 1. The molecule has 1 aliphatic rings. The Bertz CT molecular complexity index is 1170. The minimum Gasteiger partial charge on any atom is -0.507 e. The number of hydrogen-bond donors (Lipinski definition) is 4. The molecule has 0 spiro atoms. The summed E-state index contributed by atoms with van der Waals surface area (Å²) < 4.78 is 2.03. The molecule has 1 aliphatic carbocycles. The van der Waals surface area contributed by atoms with Crippen molar-refractivity contribution in [2.45, 2.75) is 69.8 Å². The Labute approximate surface area is 200 Å². The number of aromatic hydroxyl groups is 1. The highest BCUT2D eigenvalue weighted by atomic mass is 32.2. The molecule has 4 rings (SSSR count). The van der Waals surface area contributed by atoms with Gasteiger partial charge in [-0.25, -0.2) is 9.55 Å². The normalized spacial score (nSPS) is 17.8. The summed E-state index contributed by atoms with van der Waals surface area (Å²) in [6, 6.07) is 5.83. The SMILES string of the molecule is Cc1c(O)cc[n+](-c2nc3cc4c(cc3[nH]2)C(C)(C)C(=O)C4(C)C)c1CC(C)CC(S)S. The molecule has 0 saturated carbocycles. The van der Waals surface area contributed by atoms with Crippen LogP contribution in [0.4, 0.5) is 0 Å². The smallest absolute Gasteiger partial charge is 0.402 e. The molecule has 2 heterocycles. The van der Waals surface area contributed by atoms with E-state index in [-0.39, 0.29) is 16.1 Å². The van der Waals surface area contributed by atoms with Gasteiger partial charge in [-0.1, -0.05) is 11.9 Å². The van der Waals surface area contributed by atoms with Crippen LogP contribution in [0.25, 0.3) is 17.0 Å². The van der Waals surface area contributed by atoms with Crippen LogP contribution >= 0.6 is 25.3 Å². The molecule has 1 aromatic carbocycles. The second kappa shape index (κ2) is 7.80. The number of rotatable bonds is 5. The molecule has 3 aromatic rings. The molecule has 0 radical (unpaired) electrons. The highest BCUT2D eigenvalue weighted by molar-refractivity contribution is 7.99. The Morgan fingerprint density at radius 1 is 1.16 bits per heavy atom. The molecule has 0 saturated heterocycles. The number of benzene rings is 1. The molecular weight excluding hydrogens is 438 g/mol. The predicted octanol–water partition coefficient (Wildman–Crippen LogP) is 4.75. The molecule has 2 aromatic heterocycles. The van der Waals surface area contributed by atoms with Crippen LogP contribution in [-0.4, -0.2) is 25.4 Å². The van der Waals surface area contributed by atoms with Crippen molar-refractivity contribution in [3.8, 4) is 11.7 Å². The largest absolute Gasteiger partial charge is 0.507 e. The summed E-state index contributed by atoms with van der Waals surface area (Å²) in [6.07, 6.45) is 3.47. The fourth-order valence-corrected chi connectivity index (χ4v) is 5.85. The van der Waals surface area contributed by atoms with Crippen molar-refractivity contribution in [1.82, 2.24) is 9.97 Å². The van der Waals surface area contributed by atoms with E-state index in [1.54, 1.807) is 6.07 Å². The molecule has 0 amide bonds. The van der Waals surface area contributed by atoms with E-state index in [1.807, 2.05) is 45.4 Å². The lowest BCUT2D eigenvalue weighted by atomic mass is 9.80. The second-order valence-electron chi connectivity index (χ2n) is 10.2. The first-order chi connectivity index (χ1) is 14.8. The van der Waals surface area contributed by atoms with Crippen LogP contribution in [0.1, 0.15) is 63.4 Å². The first-order valence-electron chi connectivity index (χ1n) is 11.0. The van der Waals surface area contributed by atoms with E-state index in [4.69, 9.17) is 4.98 Å². The summed E-state index contributed by atoms with van der Waals surface area (Å²) in [7, 11) is 0. The highest BCUT2D eigenvalue weighted by Crippen LogP contribution is 2.47. The van der Waals surface area contributed by atoms with E-state index in [0.29, 0.717) is 11.9 Å². The van der Waals surface area contributed by atoms with E-state index < -0.39 is 10.8 Å². The zero-order valence-electron chi connectivity index (χ0n) is 19.5. The number of H-pyrrole nitrogens is 1. The van der Waals surface area contributed by atoms with E-state index in [0.717, 1.165) is 46.3 Å². The maximum Gasteiger partial charge on any atom is 0.402 e. The van der Waals surface area contributed by atoms with E-state index >= 15 is 0 Å². The van der Waals surface area contributed by atoms with Gasteiger partial charge >= 0.3 is 5.95 Å². The van der Waals surface area contributed by atoms with Gasteiger partial charge in [-0.05, 0) is 70.2 Å². The number of fused-ring (bicyclic) bond motifs is 2. The summed E-state index contributed by atoms with van der Waals surface area (Å²) in [4.78, 5) is 21.4. The molecule has 0 fully saturated rings. The zero-order chi connectivity index (χ0) is 23.6. The molecular formula is C25H32N3O2S2+. The van der Waals surface area contributed by atoms with E-state index in [9.17, 15) is 9.90 Å².